The van der Waals surface area contributed by atoms with Crippen LogP contribution in [0.4, 0.5) is 0 Å². The third-order valence-electron chi connectivity index (χ3n) is 4.47. The predicted molar refractivity (Wildman–Crippen MR) is 88.7 cm³/mol. The van der Waals surface area contributed by atoms with E-state index in [9.17, 15) is 14.7 Å². The van der Waals surface area contributed by atoms with E-state index < -0.39 is 5.91 Å². The van der Waals surface area contributed by atoms with E-state index in [2.05, 4.69) is 4.90 Å². The molecule has 1 saturated heterocycles. The maximum absolute atomic E-state index is 12.2. The van der Waals surface area contributed by atoms with Crippen LogP contribution in [0.3, 0.4) is 0 Å². The summed E-state index contributed by atoms with van der Waals surface area (Å²) < 4.78 is 1.36. The molecule has 6 heteroatoms. The van der Waals surface area contributed by atoms with Crippen LogP contribution < -0.4 is 11.3 Å². The van der Waals surface area contributed by atoms with Gasteiger partial charge in [0.05, 0.1) is 0 Å². The third kappa shape index (κ3) is 3.22. The van der Waals surface area contributed by atoms with E-state index >= 15 is 0 Å². The number of carbonyl (C=O) groups excluding carboxylic acids is 1. The summed E-state index contributed by atoms with van der Waals surface area (Å²) in [6, 6.07) is 6.20. The molecule has 1 aromatic carbocycles. The highest BCUT2D eigenvalue weighted by molar-refractivity contribution is 5.98. The summed E-state index contributed by atoms with van der Waals surface area (Å²) in [7, 11) is 0. The lowest BCUT2D eigenvalue weighted by Crippen LogP contribution is -2.34. The number of nitrogens with two attached hydrogens (primary N) is 1. The Balaban J connectivity index is 1.92. The van der Waals surface area contributed by atoms with Gasteiger partial charge in [0.25, 0.3) is 5.56 Å². The van der Waals surface area contributed by atoms with Crippen LogP contribution in [-0.4, -0.2) is 40.1 Å². The summed E-state index contributed by atoms with van der Waals surface area (Å²) in [6.07, 6.45) is 3.62. The van der Waals surface area contributed by atoms with Gasteiger partial charge in [-0.2, -0.15) is 0 Å². The summed E-state index contributed by atoms with van der Waals surface area (Å²) in [5.74, 6) is -0.662. The first kappa shape index (κ1) is 15.6. The Kier molecular flexibility index (Phi) is 4.34. The predicted octanol–water partition coefficient (Wildman–Crippen LogP) is 1.29. The Morgan fingerprint density at radius 1 is 1.13 bits per heavy atom. The van der Waals surface area contributed by atoms with Gasteiger partial charge in [0.15, 0.2) is 0 Å². The van der Waals surface area contributed by atoms with Crippen molar-refractivity contribution in [2.75, 3.05) is 19.6 Å². The van der Waals surface area contributed by atoms with E-state index in [-0.39, 0.29) is 11.4 Å². The van der Waals surface area contributed by atoms with Gasteiger partial charge in [0.2, 0.25) is 11.8 Å². The van der Waals surface area contributed by atoms with Crippen LogP contribution >= 0.6 is 0 Å². The van der Waals surface area contributed by atoms with Crippen LogP contribution in [0.15, 0.2) is 29.1 Å². The number of pyridine rings is 1. The molecule has 0 saturated carbocycles. The van der Waals surface area contributed by atoms with Crippen LogP contribution in [-0.2, 0) is 6.54 Å². The third-order valence-corrected chi connectivity index (χ3v) is 4.47. The molecule has 2 heterocycles. The van der Waals surface area contributed by atoms with Gasteiger partial charge < -0.3 is 15.7 Å². The normalized spacial score (nSPS) is 15.8. The molecule has 23 heavy (non-hydrogen) atoms. The van der Waals surface area contributed by atoms with E-state index in [1.165, 1.54) is 36.0 Å². The van der Waals surface area contributed by atoms with Crippen LogP contribution in [0.5, 0.6) is 5.88 Å². The average Bonchev–Trinajstić information content (AvgIpc) is 2.55. The standard InChI is InChI=1S/C17H21N3O3/c18-16(22)13-5-4-12-11-15(21)20(17(23)14(12)10-13)9-8-19-6-2-1-3-7-19/h4-5,10-11,23H,1-3,6-9H2,(H2,18,22). The van der Waals surface area contributed by atoms with Gasteiger partial charge in [-0.15, -0.1) is 0 Å². The molecule has 1 aromatic heterocycles. The second-order valence-corrected chi connectivity index (χ2v) is 6.03. The maximum Gasteiger partial charge on any atom is 0.253 e. The fraction of sp³-hybridized carbons (Fsp3) is 0.412. The molecule has 3 rings (SSSR count). The fourth-order valence-corrected chi connectivity index (χ4v) is 3.13. The Morgan fingerprint density at radius 3 is 2.57 bits per heavy atom. The lowest BCUT2D eigenvalue weighted by atomic mass is 10.1. The lowest BCUT2D eigenvalue weighted by molar-refractivity contribution is 0.100. The highest BCUT2D eigenvalue weighted by Crippen LogP contribution is 2.24. The van der Waals surface area contributed by atoms with E-state index in [0.717, 1.165) is 19.6 Å². The van der Waals surface area contributed by atoms with Gasteiger partial charge in [0.1, 0.15) is 0 Å². The number of aromatic hydroxyl groups is 1. The van der Waals surface area contributed by atoms with Gasteiger partial charge in [-0.1, -0.05) is 12.5 Å². The number of likely N-dealkylation sites (tertiary alicyclic amines) is 1. The van der Waals surface area contributed by atoms with Crippen LogP contribution in [0.2, 0.25) is 0 Å². The largest absolute Gasteiger partial charge is 0.494 e. The van der Waals surface area contributed by atoms with Crippen molar-refractivity contribution in [3.8, 4) is 5.88 Å². The van der Waals surface area contributed by atoms with Crippen molar-refractivity contribution in [2.24, 2.45) is 5.73 Å². The van der Waals surface area contributed by atoms with Gasteiger partial charge >= 0.3 is 0 Å². The Morgan fingerprint density at radius 2 is 1.87 bits per heavy atom. The van der Waals surface area contributed by atoms with Crippen molar-refractivity contribution in [1.29, 1.82) is 0 Å². The number of primary amides is 1. The second kappa shape index (κ2) is 6.42. The zero-order valence-electron chi connectivity index (χ0n) is 13.0. The summed E-state index contributed by atoms with van der Waals surface area (Å²) >= 11 is 0. The monoisotopic (exact) mass is 315 g/mol. The Bertz CT molecular complexity index is 792. The molecule has 122 valence electrons. The molecule has 1 amide bonds. The minimum Gasteiger partial charge on any atom is -0.494 e. The van der Waals surface area contributed by atoms with Crippen molar-refractivity contribution >= 4 is 16.7 Å². The van der Waals surface area contributed by atoms with Crippen LogP contribution in [0, 0.1) is 0 Å². The first-order valence-electron chi connectivity index (χ1n) is 7.95. The smallest absolute Gasteiger partial charge is 0.253 e. The highest BCUT2D eigenvalue weighted by Gasteiger charge is 2.14. The maximum atomic E-state index is 12.2. The SMILES string of the molecule is NC(=O)c1ccc2cc(=O)n(CCN3CCCCC3)c(O)c2c1. The number of fused-ring (bicyclic) bond motifs is 1. The van der Waals surface area contributed by atoms with Crippen molar-refractivity contribution < 1.29 is 9.90 Å². The molecule has 6 nitrogen and oxygen atoms in total. The van der Waals surface area contributed by atoms with E-state index in [1.54, 1.807) is 12.1 Å². The quantitative estimate of drug-likeness (QED) is 0.890. The van der Waals surface area contributed by atoms with Crippen molar-refractivity contribution in [2.45, 2.75) is 25.8 Å². The molecular formula is C17H21N3O3. The van der Waals surface area contributed by atoms with Gasteiger partial charge in [0, 0.05) is 30.1 Å². The highest BCUT2D eigenvalue weighted by atomic mass is 16.3. The molecule has 2 aromatic rings. The summed E-state index contributed by atoms with van der Waals surface area (Å²) in [4.78, 5) is 25.8. The average molecular weight is 315 g/mol. The Hall–Kier alpha value is -2.34. The minimum atomic E-state index is -0.558. The van der Waals surface area contributed by atoms with Crippen molar-refractivity contribution in [1.82, 2.24) is 9.47 Å². The first-order valence-corrected chi connectivity index (χ1v) is 7.95. The van der Waals surface area contributed by atoms with E-state index in [1.807, 2.05) is 0 Å². The summed E-state index contributed by atoms with van der Waals surface area (Å²) in [5, 5.41) is 11.5. The van der Waals surface area contributed by atoms with Gasteiger partial charge in [-0.3, -0.25) is 14.2 Å². The molecule has 1 aliphatic rings. The molecule has 0 unspecified atom stereocenters. The van der Waals surface area contributed by atoms with Gasteiger partial charge in [-0.25, -0.2) is 0 Å². The molecule has 0 aliphatic carbocycles. The molecule has 0 atom stereocenters. The number of carbonyl (C=O) groups is 1. The number of rotatable bonds is 4. The number of amides is 1. The zero-order chi connectivity index (χ0) is 16.4. The molecule has 1 fully saturated rings. The summed E-state index contributed by atoms with van der Waals surface area (Å²) in [5.41, 5.74) is 5.36. The number of hydrogen-bond donors (Lipinski definition) is 2. The van der Waals surface area contributed by atoms with Crippen molar-refractivity contribution in [3.63, 3.8) is 0 Å². The number of hydrogen-bond acceptors (Lipinski definition) is 4. The number of benzene rings is 1. The number of nitrogens with zero attached hydrogens (tertiary/aromatic N) is 2. The Labute approximate surface area is 134 Å². The van der Waals surface area contributed by atoms with Gasteiger partial charge in [-0.05, 0) is 43.5 Å². The lowest BCUT2D eigenvalue weighted by Gasteiger charge is -2.26. The van der Waals surface area contributed by atoms with Crippen LogP contribution in [0.25, 0.3) is 10.8 Å². The second-order valence-electron chi connectivity index (χ2n) is 6.03. The molecule has 3 N–H and O–H groups in total. The van der Waals surface area contributed by atoms with E-state index in [4.69, 9.17) is 5.73 Å². The topological polar surface area (TPSA) is 88.6 Å². The van der Waals surface area contributed by atoms with Crippen molar-refractivity contribution in [3.05, 3.63) is 40.2 Å². The molecule has 0 bridgehead atoms. The number of piperidine rings is 1. The minimum absolute atomic E-state index is 0.104. The molecule has 0 radical (unpaired) electrons. The van der Waals surface area contributed by atoms with Crippen LogP contribution in [0.1, 0.15) is 29.6 Å². The summed E-state index contributed by atoms with van der Waals surface area (Å²) in [6.45, 7) is 3.24. The zero-order valence-corrected chi connectivity index (χ0v) is 13.0. The number of aromatic nitrogens is 1. The first-order chi connectivity index (χ1) is 11.1. The molecule has 1 aliphatic heterocycles. The molecular weight excluding hydrogens is 294 g/mol. The fourth-order valence-electron chi connectivity index (χ4n) is 3.13. The molecule has 0 spiro atoms. The van der Waals surface area contributed by atoms with E-state index in [0.29, 0.717) is 22.9 Å².